The Hall–Kier alpha value is -2.67. The molecule has 8 heteroatoms. The molecule has 0 aliphatic carbocycles. The SMILES string of the molecule is Cc1nn(CC(=O)NCc2cccc(Cl)c2)c(=O)c2noc(C)c12. The zero-order valence-corrected chi connectivity index (χ0v) is 13.9. The van der Waals surface area contributed by atoms with Gasteiger partial charge in [-0.1, -0.05) is 28.9 Å². The predicted molar refractivity (Wildman–Crippen MR) is 88.8 cm³/mol. The van der Waals surface area contributed by atoms with Crippen LogP contribution in [0.15, 0.2) is 33.6 Å². The van der Waals surface area contributed by atoms with Gasteiger partial charge in [-0.3, -0.25) is 9.59 Å². The number of aryl methyl sites for hydroxylation is 2. The molecule has 3 rings (SSSR count). The summed E-state index contributed by atoms with van der Waals surface area (Å²) in [5.41, 5.74) is 1.19. The summed E-state index contributed by atoms with van der Waals surface area (Å²) in [4.78, 5) is 24.4. The van der Waals surface area contributed by atoms with Gasteiger partial charge in [0, 0.05) is 11.6 Å². The fraction of sp³-hybridized carbons (Fsp3) is 0.250. The van der Waals surface area contributed by atoms with Gasteiger partial charge < -0.3 is 9.84 Å². The zero-order chi connectivity index (χ0) is 17.3. The minimum atomic E-state index is -0.453. The molecule has 0 radical (unpaired) electrons. The highest BCUT2D eigenvalue weighted by atomic mass is 35.5. The minimum Gasteiger partial charge on any atom is -0.360 e. The smallest absolute Gasteiger partial charge is 0.297 e. The van der Waals surface area contributed by atoms with E-state index in [0.29, 0.717) is 28.4 Å². The Balaban J connectivity index is 1.76. The summed E-state index contributed by atoms with van der Waals surface area (Å²) < 4.78 is 6.13. The second-order valence-electron chi connectivity index (χ2n) is 5.42. The second kappa shape index (κ2) is 6.45. The molecule has 1 amide bonds. The largest absolute Gasteiger partial charge is 0.360 e. The molecule has 1 aromatic carbocycles. The summed E-state index contributed by atoms with van der Waals surface area (Å²) in [7, 11) is 0. The van der Waals surface area contributed by atoms with Gasteiger partial charge in [0.2, 0.25) is 5.91 Å². The van der Waals surface area contributed by atoms with Crippen molar-refractivity contribution in [2.75, 3.05) is 0 Å². The Labute approximate surface area is 142 Å². The number of nitrogens with one attached hydrogen (secondary N) is 1. The summed E-state index contributed by atoms with van der Waals surface area (Å²) in [6.45, 7) is 3.58. The third kappa shape index (κ3) is 3.16. The first kappa shape index (κ1) is 16.2. The Morgan fingerprint density at radius 2 is 2.17 bits per heavy atom. The van der Waals surface area contributed by atoms with E-state index in [2.05, 4.69) is 15.6 Å². The second-order valence-corrected chi connectivity index (χ2v) is 5.85. The normalized spacial score (nSPS) is 11.0. The fourth-order valence-corrected chi connectivity index (χ4v) is 2.70. The van der Waals surface area contributed by atoms with Gasteiger partial charge in [0.1, 0.15) is 12.3 Å². The molecular formula is C16H15ClN4O3. The van der Waals surface area contributed by atoms with E-state index < -0.39 is 5.56 Å². The summed E-state index contributed by atoms with van der Waals surface area (Å²) in [5.74, 6) is 0.202. The van der Waals surface area contributed by atoms with Gasteiger partial charge in [-0.25, -0.2) is 4.68 Å². The van der Waals surface area contributed by atoms with E-state index in [-0.39, 0.29) is 18.0 Å². The standard InChI is InChI=1S/C16H15ClN4O3/c1-9-14-10(2)24-20-15(14)16(23)21(19-9)8-13(22)18-7-11-4-3-5-12(17)6-11/h3-6H,7-8H2,1-2H3,(H,18,22). The van der Waals surface area contributed by atoms with Gasteiger partial charge in [0.05, 0.1) is 11.1 Å². The maximum atomic E-state index is 12.3. The first-order chi connectivity index (χ1) is 11.5. The topological polar surface area (TPSA) is 90.0 Å². The van der Waals surface area contributed by atoms with Gasteiger partial charge in [0.25, 0.3) is 5.56 Å². The van der Waals surface area contributed by atoms with Crippen LogP contribution in [-0.4, -0.2) is 20.8 Å². The van der Waals surface area contributed by atoms with Crippen molar-refractivity contribution in [1.29, 1.82) is 0 Å². The van der Waals surface area contributed by atoms with Crippen LogP contribution < -0.4 is 10.9 Å². The van der Waals surface area contributed by atoms with Crippen LogP contribution in [0.5, 0.6) is 0 Å². The Morgan fingerprint density at radius 1 is 1.38 bits per heavy atom. The molecule has 2 heterocycles. The summed E-state index contributed by atoms with van der Waals surface area (Å²) in [6.07, 6.45) is 0. The van der Waals surface area contributed by atoms with Crippen molar-refractivity contribution in [2.45, 2.75) is 26.9 Å². The van der Waals surface area contributed by atoms with Crippen LogP contribution in [0.25, 0.3) is 10.9 Å². The molecular weight excluding hydrogens is 332 g/mol. The maximum Gasteiger partial charge on any atom is 0.297 e. The van der Waals surface area contributed by atoms with E-state index in [0.717, 1.165) is 10.2 Å². The van der Waals surface area contributed by atoms with E-state index in [1.807, 2.05) is 6.07 Å². The van der Waals surface area contributed by atoms with Crippen molar-refractivity contribution >= 4 is 28.4 Å². The van der Waals surface area contributed by atoms with Gasteiger partial charge in [-0.15, -0.1) is 0 Å². The molecule has 0 saturated carbocycles. The van der Waals surface area contributed by atoms with Crippen LogP contribution >= 0.6 is 11.6 Å². The van der Waals surface area contributed by atoms with Crippen molar-refractivity contribution in [3.63, 3.8) is 0 Å². The summed E-state index contributed by atoms with van der Waals surface area (Å²) in [5, 5.41) is 11.8. The molecule has 7 nitrogen and oxygen atoms in total. The molecule has 0 fully saturated rings. The molecule has 0 unspecified atom stereocenters. The van der Waals surface area contributed by atoms with Crippen molar-refractivity contribution in [1.82, 2.24) is 20.3 Å². The molecule has 0 spiro atoms. The number of halogens is 1. The van der Waals surface area contributed by atoms with Crippen LogP contribution in [0.3, 0.4) is 0 Å². The number of nitrogens with zero attached hydrogens (tertiary/aromatic N) is 3. The van der Waals surface area contributed by atoms with Gasteiger partial charge >= 0.3 is 0 Å². The van der Waals surface area contributed by atoms with Gasteiger partial charge in [-0.2, -0.15) is 5.10 Å². The lowest BCUT2D eigenvalue weighted by atomic mass is 10.2. The monoisotopic (exact) mass is 346 g/mol. The lowest BCUT2D eigenvalue weighted by Gasteiger charge is -2.08. The third-order valence-corrected chi connectivity index (χ3v) is 3.84. The number of carbonyl (C=O) groups is 1. The van der Waals surface area contributed by atoms with Gasteiger partial charge in [0.15, 0.2) is 5.52 Å². The molecule has 2 aromatic heterocycles. The van der Waals surface area contributed by atoms with E-state index in [1.165, 1.54) is 0 Å². The van der Waals surface area contributed by atoms with E-state index in [1.54, 1.807) is 32.0 Å². The van der Waals surface area contributed by atoms with E-state index >= 15 is 0 Å². The molecule has 0 saturated heterocycles. The first-order valence-electron chi connectivity index (χ1n) is 7.30. The average molecular weight is 347 g/mol. The number of rotatable bonds is 4. The first-order valence-corrected chi connectivity index (χ1v) is 7.68. The highest BCUT2D eigenvalue weighted by Crippen LogP contribution is 2.16. The summed E-state index contributed by atoms with van der Waals surface area (Å²) >= 11 is 5.90. The fourth-order valence-electron chi connectivity index (χ4n) is 2.49. The number of amides is 1. The molecule has 24 heavy (non-hydrogen) atoms. The molecule has 0 bridgehead atoms. The van der Waals surface area contributed by atoms with Crippen LogP contribution in [0, 0.1) is 13.8 Å². The van der Waals surface area contributed by atoms with Crippen molar-refractivity contribution in [3.8, 4) is 0 Å². The maximum absolute atomic E-state index is 12.3. The van der Waals surface area contributed by atoms with Crippen LogP contribution in [-0.2, 0) is 17.9 Å². The summed E-state index contributed by atoms with van der Waals surface area (Å²) in [6, 6.07) is 7.18. The third-order valence-electron chi connectivity index (χ3n) is 3.60. The number of benzene rings is 1. The average Bonchev–Trinajstić information content (AvgIpc) is 2.93. The molecule has 1 N–H and O–H groups in total. The number of fused-ring (bicyclic) bond motifs is 1. The van der Waals surface area contributed by atoms with Gasteiger partial charge in [-0.05, 0) is 31.5 Å². The minimum absolute atomic E-state index is 0.183. The highest BCUT2D eigenvalue weighted by Gasteiger charge is 2.16. The molecule has 0 aliphatic heterocycles. The Kier molecular flexibility index (Phi) is 4.35. The lowest BCUT2D eigenvalue weighted by molar-refractivity contribution is -0.122. The Bertz CT molecular complexity index is 977. The van der Waals surface area contributed by atoms with E-state index in [9.17, 15) is 9.59 Å². The quantitative estimate of drug-likeness (QED) is 0.780. The highest BCUT2D eigenvalue weighted by molar-refractivity contribution is 6.30. The number of hydrogen-bond donors (Lipinski definition) is 1. The van der Waals surface area contributed by atoms with Crippen molar-refractivity contribution in [2.24, 2.45) is 0 Å². The Morgan fingerprint density at radius 3 is 2.92 bits per heavy atom. The number of carbonyl (C=O) groups excluding carboxylic acids is 1. The zero-order valence-electron chi connectivity index (χ0n) is 13.2. The molecule has 0 atom stereocenters. The lowest BCUT2D eigenvalue weighted by Crippen LogP contribution is -2.33. The molecule has 3 aromatic rings. The molecule has 124 valence electrons. The number of aromatic nitrogens is 3. The van der Waals surface area contributed by atoms with Crippen LogP contribution in [0.2, 0.25) is 5.02 Å². The van der Waals surface area contributed by atoms with Crippen LogP contribution in [0.1, 0.15) is 17.0 Å². The van der Waals surface area contributed by atoms with Crippen molar-refractivity contribution < 1.29 is 9.32 Å². The number of hydrogen-bond acceptors (Lipinski definition) is 5. The molecule has 0 aliphatic rings. The van der Waals surface area contributed by atoms with Crippen molar-refractivity contribution in [3.05, 3.63) is 56.7 Å². The van der Waals surface area contributed by atoms with E-state index in [4.69, 9.17) is 16.1 Å². The predicted octanol–water partition coefficient (Wildman–Crippen LogP) is 1.97. The van der Waals surface area contributed by atoms with Crippen LogP contribution in [0.4, 0.5) is 0 Å².